The molecule has 2 rings (SSSR count). The van der Waals surface area contributed by atoms with Gasteiger partial charge in [0.2, 0.25) is 0 Å². The highest BCUT2D eigenvalue weighted by Crippen LogP contribution is 2.19. The molecule has 0 unspecified atom stereocenters. The molecule has 2 nitrogen and oxygen atoms in total. The van der Waals surface area contributed by atoms with E-state index in [-0.39, 0.29) is 5.82 Å². The van der Waals surface area contributed by atoms with Crippen molar-refractivity contribution < 1.29 is 4.39 Å². The van der Waals surface area contributed by atoms with Crippen molar-refractivity contribution in [2.75, 3.05) is 11.1 Å². The minimum absolute atomic E-state index is 0.328. The fraction of sp³-hybridized carbons (Fsp3) is 0.0769. The van der Waals surface area contributed by atoms with Crippen LogP contribution >= 0.6 is 11.6 Å². The number of hydrogen-bond acceptors (Lipinski definition) is 2. The van der Waals surface area contributed by atoms with Gasteiger partial charge in [-0.25, -0.2) is 4.39 Å². The van der Waals surface area contributed by atoms with Crippen molar-refractivity contribution in [3.8, 4) is 0 Å². The van der Waals surface area contributed by atoms with E-state index < -0.39 is 0 Å². The average molecular weight is 251 g/mol. The zero-order chi connectivity index (χ0) is 12.3. The van der Waals surface area contributed by atoms with Crippen molar-refractivity contribution in [1.29, 1.82) is 0 Å². The molecule has 4 heteroatoms. The molecule has 0 saturated carbocycles. The molecule has 0 aliphatic carbocycles. The molecule has 88 valence electrons. The van der Waals surface area contributed by atoms with Gasteiger partial charge in [-0.3, -0.25) is 0 Å². The van der Waals surface area contributed by atoms with E-state index in [0.717, 1.165) is 16.9 Å². The molecule has 0 atom stereocenters. The highest BCUT2D eigenvalue weighted by molar-refractivity contribution is 6.31. The van der Waals surface area contributed by atoms with Gasteiger partial charge in [0.05, 0.1) is 0 Å². The lowest BCUT2D eigenvalue weighted by atomic mass is 10.2. The molecule has 0 amide bonds. The first-order valence-electron chi connectivity index (χ1n) is 5.18. The van der Waals surface area contributed by atoms with Gasteiger partial charge in [-0.2, -0.15) is 0 Å². The Balaban J connectivity index is 2.04. The van der Waals surface area contributed by atoms with E-state index in [4.69, 9.17) is 17.3 Å². The van der Waals surface area contributed by atoms with Crippen molar-refractivity contribution in [2.45, 2.75) is 6.54 Å². The third-order valence-corrected chi connectivity index (χ3v) is 2.76. The number of benzene rings is 2. The van der Waals surface area contributed by atoms with Crippen LogP contribution in [-0.2, 0) is 6.54 Å². The third kappa shape index (κ3) is 3.11. The molecule has 0 spiro atoms. The molecule has 0 aromatic heterocycles. The highest BCUT2D eigenvalue weighted by Gasteiger charge is 2.01. The summed E-state index contributed by atoms with van der Waals surface area (Å²) in [5.41, 5.74) is 8.10. The van der Waals surface area contributed by atoms with E-state index in [1.165, 1.54) is 12.1 Å². The normalized spacial score (nSPS) is 10.2. The summed E-state index contributed by atoms with van der Waals surface area (Å²) in [6.07, 6.45) is 0. The van der Waals surface area contributed by atoms with Crippen molar-refractivity contribution in [2.24, 2.45) is 0 Å². The number of nitrogens with one attached hydrogen (secondary N) is 1. The van der Waals surface area contributed by atoms with Gasteiger partial charge in [-0.1, -0.05) is 17.7 Å². The second kappa shape index (κ2) is 5.06. The van der Waals surface area contributed by atoms with Gasteiger partial charge >= 0.3 is 0 Å². The monoisotopic (exact) mass is 250 g/mol. The summed E-state index contributed by atoms with van der Waals surface area (Å²) in [6.45, 7) is 0.545. The van der Waals surface area contributed by atoms with Crippen molar-refractivity contribution >= 4 is 23.0 Å². The quantitative estimate of drug-likeness (QED) is 0.816. The molecule has 0 bridgehead atoms. The Bertz CT molecular complexity index is 511. The van der Waals surface area contributed by atoms with E-state index >= 15 is 0 Å². The van der Waals surface area contributed by atoms with Gasteiger partial charge in [0.25, 0.3) is 0 Å². The lowest BCUT2D eigenvalue weighted by Crippen LogP contribution is -2.00. The first kappa shape index (κ1) is 11.7. The largest absolute Gasteiger partial charge is 0.399 e. The highest BCUT2D eigenvalue weighted by atomic mass is 35.5. The number of halogens is 2. The average Bonchev–Trinajstić information content (AvgIpc) is 2.30. The van der Waals surface area contributed by atoms with Crippen LogP contribution in [0.1, 0.15) is 5.56 Å². The molecule has 17 heavy (non-hydrogen) atoms. The Morgan fingerprint density at radius 2 is 1.82 bits per heavy atom. The number of anilines is 2. The predicted molar refractivity (Wildman–Crippen MR) is 69.6 cm³/mol. The van der Waals surface area contributed by atoms with E-state index in [9.17, 15) is 4.39 Å². The first-order valence-corrected chi connectivity index (χ1v) is 5.56. The Kier molecular flexibility index (Phi) is 3.49. The molecule has 2 aromatic rings. The van der Waals surface area contributed by atoms with E-state index in [0.29, 0.717) is 11.6 Å². The van der Waals surface area contributed by atoms with Crippen LogP contribution in [0.25, 0.3) is 0 Å². The van der Waals surface area contributed by atoms with Crippen LogP contribution in [0, 0.1) is 5.82 Å². The lowest BCUT2D eigenvalue weighted by Gasteiger charge is -2.08. The lowest BCUT2D eigenvalue weighted by molar-refractivity contribution is 0.627. The minimum Gasteiger partial charge on any atom is -0.399 e. The fourth-order valence-corrected chi connectivity index (χ4v) is 1.70. The van der Waals surface area contributed by atoms with Crippen LogP contribution in [-0.4, -0.2) is 0 Å². The maximum Gasteiger partial charge on any atom is 0.124 e. The SMILES string of the molecule is Nc1ccc(NCc2ccc(F)cc2Cl)cc1. The standard InChI is InChI=1S/C13H12ClFN2/c14-13-7-10(15)2-1-9(13)8-17-12-5-3-11(16)4-6-12/h1-7,17H,8,16H2. The van der Waals surface area contributed by atoms with Crippen LogP contribution in [0.4, 0.5) is 15.8 Å². The molecule has 0 radical (unpaired) electrons. The van der Waals surface area contributed by atoms with Crippen molar-refractivity contribution in [3.63, 3.8) is 0 Å². The Labute approximate surface area is 104 Å². The summed E-state index contributed by atoms with van der Waals surface area (Å²) >= 11 is 5.92. The Morgan fingerprint density at radius 3 is 2.47 bits per heavy atom. The third-order valence-electron chi connectivity index (χ3n) is 2.41. The number of hydrogen-bond donors (Lipinski definition) is 2. The van der Waals surface area contributed by atoms with E-state index in [2.05, 4.69) is 5.32 Å². The van der Waals surface area contributed by atoms with Gasteiger partial charge in [0.1, 0.15) is 5.82 Å². The number of nitrogen functional groups attached to an aromatic ring is 1. The van der Waals surface area contributed by atoms with Crippen molar-refractivity contribution in [3.05, 3.63) is 58.9 Å². The molecular weight excluding hydrogens is 239 g/mol. The maximum atomic E-state index is 12.8. The first-order chi connectivity index (χ1) is 8.15. The van der Waals surface area contributed by atoms with E-state index in [1.54, 1.807) is 6.07 Å². The molecule has 3 N–H and O–H groups in total. The molecule has 0 aliphatic heterocycles. The summed E-state index contributed by atoms with van der Waals surface area (Å²) in [4.78, 5) is 0. The molecule has 0 fully saturated rings. The zero-order valence-electron chi connectivity index (χ0n) is 9.08. The predicted octanol–water partition coefficient (Wildman–Crippen LogP) is 3.67. The van der Waals surface area contributed by atoms with Crippen LogP contribution in [0.5, 0.6) is 0 Å². The van der Waals surface area contributed by atoms with Crippen LogP contribution < -0.4 is 11.1 Å². The zero-order valence-corrected chi connectivity index (χ0v) is 9.84. The summed E-state index contributed by atoms with van der Waals surface area (Å²) in [5.74, 6) is -0.328. The van der Waals surface area contributed by atoms with Crippen LogP contribution in [0.15, 0.2) is 42.5 Å². The molecule has 2 aromatic carbocycles. The molecule has 0 heterocycles. The summed E-state index contributed by atoms with van der Waals surface area (Å²) < 4.78 is 12.8. The number of rotatable bonds is 3. The fourth-order valence-electron chi connectivity index (χ4n) is 1.46. The van der Waals surface area contributed by atoms with Gasteiger partial charge in [0, 0.05) is 22.9 Å². The molecular formula is C13H12ClFN2. The second-order valence-corrected chi connectivity index (χ2v) is 4.12. The summed E-state index contributed by atoms with van der Waals surface area (Å²) in [5, 5.41) is 3.61. The van der Waals surface area contributed by atoms with Crippen LogP contribution in [0.2, 0.25) is 5.02 Å². The Hall–Kier alpha value is -1.74. The molecule has 0 aliphatic rings. The Morgan fingerprint density at radius 1 is 1.12 bits per heavy atom. The van der Waals surface area contributed by atoms with Gasteiger partial charge in [-0.05, 0) is 42.0 Å². The second-order valence-electron chi connectivity index (χ2n) is 3.71. The number of nitrogens with two attached hydrogens (primary N) is 1. The van der Waals surface area contributed by atoms with Crippen LogP contribution in [0.3, 0.4) is 0 Å². The minimum atomic E-state index is -0.328. The smallest absolute Gasteiger partial charge is 0.124 e. The topological polar surface area (TPSA) is 38.0 Å². The van der Waals surface area contributed by atoms with Gasteiger partial charge < -0.3 is 11.1 Å². The molecule has 0 saturated heterocycles. The summed E-state index contributed by atoms with van der Waals surface area (Å²) in [7, 11) is 0. The van der Waals surface area contributed by atoms with Crippen molar-refractivity contribution in [1.82, 2.24) is 0 Å². The van der Waals surface area contributed by atoms with Gasteiger partial charge in [0.15, 0.2) is 0 Å². The summed E-state index contributed by atoms with van der Waals surface area (Å²) in [6, 6.07) is 11.8. The van der Waals surface area contributed by atoms with E-state index in [1.807, 2.05) is 24.3 Å². The van der Waals surface area contributed by atoms with Gasteiger partial charge in [-0.15, -0.1) is 0 Å². The maximum absolute atomic E-state index is 12.8.